The van der Waals surface area contributed by atoms with E-state index in [4.69, 9.17) is 39.9 Å². The van der Waals surface area contributed by atoms with Crippen LogP contribution in [0, 0.1) is 0 Å². The lowest BCUT2D eigenvalue weighted by Crippen LogP contribution is -2.45. The third-order valence-electron chi connectivity index (χ3n) is 5.46. The Balaban J connectivity index is 1.65. The topological polar surface area (TPSA) is 50.2 Å². The summed E-state index contributed by atoms with van der Waals surface area (Å²) in [6, 6.07) is 7.24. The standard InChI is InChI=1S/C21H19Cl3N4OS2/c22-12-4-5-16(15(23)10-12)28-19-13(6-9-30-21-14(19)11-17(24)31-21)18(25-28)20(29)26-27-7-2-1-3-8-27/h4-5,10-11H,1-3,6-9H2,(H,26,29). The summed E-state index contributed by atoms with van der Waals surface area (Å²) < 4.78 is 3.60. The third kappa shape index (κ3) is 4.24. The zero-order valence-electron chi connectivity index (χ0n) is 16.5. The van der Waals surface area contributed by atoms with Gasteiger partial charge in [-0.3, -0.25) is 10.2 Å². The molecule has 1 N–H and O–H groups in total. The minimum atomic E-state index is -0.184. The number of carbonyl (C=O) groups is 1. The highest BCUT2D eigenvalue weighted by Crippen LogP contribution is 2.46. The molecular formula is C21H19Cl3N4OS2. The van der Waals surface area contributed by atoms with Gasteiger partial charge in [0.25, 0.3) is 5.91 Å². The average Bonchev–Trinajstić information content (AvgIpc) is 3.24. The molecule has 0 spiro atoms. The van der Waals surface area contributed by atoms with Crippen LogP contribution in [0.5, 0.6) is 0 Å². The summed E-state index contributed by atoms with van der Waals surface area (Å²) in [5, 5.41) is 7.78. The van der Waals surface area contributed by atoms with Crippen molar-refractivity contribution in [3.05, 3.63) is 49.9 Å². The van der Waals surface area contributed by atoms with Gasteiger partial charge in [-0.1, -0.05) is 41.2 Å². The van der Waals surface area contributed by atoms with Crippen LogP contribution in [0.1, 0.15) is 35.3 Å². The van der Waals surface area contributed by atoms with Crippen LogP contribution in [-0.2, 0) is 6.42 Å². The van der Waals surface area contributed by atoms with Crippen molar-refractivity contribution in [1.82, 2.24) is 20.2 Å². The number of halogens is 3. The highest BCUT2D eigenvalue weighted by molar-refractivity contribution is 8.01. The Morgan fingerprint density at radius 2 is 1.90 bits per heavy atom. The molecule has 2 aliphatic rings. The van der Waals surface area contributed by atoms with Crippen molar-refractivity contribution < 1.29 is 4.79 Å². The fourth-order valence-electron chi connectivity index (χ4n) is 4.04. The van der Waals surface area contributed by atoms with Crippen molar-refractivity contribution in [1.29, 1.82) is 0 Å². The molecule has 0 bridgehead atoms. The van der Waals surface area contributed by atoms with Crippen LogP contribution < -0.4 is 5.43 Å². The lowest BCUT2D eigenvalue weighted by molar-refractivity contribution is 0.0743. The number of fused-ring (bicyclic) bond motifs is 3. The first-order valence-corrected chi connectivity index (χ1v) is 13.0. The van der Waals surface area contributed by atoms with E-state index >= 15 is 0 Å². The Hall–Kier alpha value is -1.22. The highest BCUT2D eigenvalue weighted by Gasteiger charge is 2.30. The molecule has 5 rings (SSSR count). The zero-order chi connectivity index (χ0) is 21.5. The number of thiophene rings is 1. The summed E-state index contributed by atoms with van der Waals surface area (Å²) >= 11 is 22.3. The predicted octanol–water partition coefficient (Wildman–Crippen LogP) is 6.34. The lowest BCUT2D eigenvalue weighted by Gasteiger charge is -2.26. The Morgan fingerprint density at radius 3 is 2.68 bits per heavy atom. The number of aromatic nitrogens is 2. The number of amides is 1. The molecule has 1 amide bonds. The Kier molecular flexibility index (Phi) is 6.25. The molecule has 5 nitrogen and oxygen atoms in total. The van der Waals surface area contributed by atoms with Crippen molar-refractivity contribution >= 4 is 63.8 Å². The highest BCUT2D eigenvalue weighted by atomic mass is 35.5. The van der Waals surface area contributed by atoms with Gasteiger partial charge in [0.1, 0.15) is 0 Å². The largest absolute Gasteiger partial charge is 0.286 e. The molecule has 1 saturated heterocycles. The minimum Gasteiger partial charge on any atom is -0.283 e. The summed E-state index contributed by atoms with van der Waals surface area (Å²) in [7, 11) is 0. The smallest absolute Gasteiger partial charge is 0.283 e. The Morgan fingerprint density at radius 1 is 1.10 bits per heavy atom. The van der Waals surface area contributed by atoms with Gasteiger partial charge >= 0.3 is 0 Å². The third-order valence-corrected chi connectivity index (χ3v) is 8.55. The molecule has 3 aromatic rings. The number of hydrogen-bond acceptors (Lipinski definition) is 5. The first kappa shape index (κ1) is 21.6. The van der Waals surface area contributed by atoms with Crippen LogP contribution >= 0.6 is 57.9 Å². The first-order chi connectivity index (χ1) is 15.0. The second-order valence-corrected chi connectivity index (χ2v) is 11.4. The van der Waals surface area contributed by atoms with Crippen LogP contribution in [0.25, 0.3) is 16.9 Å². The van der Waals surface area contributed by atoms with E-state index in [-0.39, 0.29) is 5.91 Å². The van der Waals surface area contributed by atoms with Gasteiger partial charge in [-0.15, -0.1) is 23.1 Å². The van der Waals surface area contributed by atoms with Gasteiger partial charge < -0.3 is 0 Å². The maximum absolute atomic E-state index is 13.3. The quantitative estimate of drug-likeness (QED) is 0.444. The van der Waals surface area contributed by atoms with Crippen LogP contribution in [-0.4, -0.2) is 39.5 Å². The molecule has 2 aromatic heterocycles. The molecule has 0 atom stereocenters. The number of nitrogens with one attached hydrogen (secondary N) is 1. The Labute approximate surface area is 203 Å². The van der Waals surface area contributed by atoms with E-state index in [1.54, 1.807) is 39.9 Å². The van der Waals surface area contributed by atoms with Crippen molar-refractivity contribution in [2.75, 3.05) is 18.8 Å². The van der Waals surface area contributed by atoms with E-state index in [0.717, 1.165) is 59.1 Å². The molecule has 2 aliphatic heterocycles. The molecule has 1 fully saturated rings. The Bertz CT molecular complexity index is 1150. The summed E-state index contributed by atoms with van der Waals surface area (Å²) in [5.41, 5.74) is 6.95. The molecular weight excluding hydrogens is 495 g/mol. The van der Waals surface area contributed by atoms with Gasteiger partial charge in [0.05, 0.1) is 24.9 Å². The number of nitrogens with zero attached hydrogens (tertiary/aromatic N) is 3. The number of rotatable bonds is 3. The van der Waals surface area contributed by atoms with Gasteiger partial charge in [-0.25, -0.2) is 9.69 Å². The first-order valence-electron chi connectivity index (χ1n) is 10.1. The number of hydrogen-bond donors (Lipinski definition) is 1. The average molecular weight is 514 g/mol. The van der Waals surface area contributed by atoms with Gasteiger partial charge in [0, 0.05) is 35.0 Å². The minimum absolute atomic E-state index is 0.184. The number of benzene rings is 1. The zero-order valence-corrected chi connectivity index (χ0v) is 20.4. The molecule has 0 aliphatic carbocycles. The molecule has 162 valence electrons. The van der Waals surface area contributed by atoms with Crippen molar-refractivity contribution in [3.63, 3.8) is 0 Å². The molecule has 0 unspecified atom stereocenters. The van der Waals surface area contributed by atoms with Crippen LogP contribution in [0.15, 0.2) is 28.5 Å². The molecule has 1 aromatic carbocycles. The van der Waals surface area contributed by atoms with Crippen molar-refractivity contribution in [3.8, 4) is 16.9 Å². The van der Waals surface area contributed by atoms with E-state index in [1.807, 2.05) is 17.1 Å². The van der Waals surface area contributed by atoms with E-state index < -0.39 is 0 Å². The summed E-state index contributed by atoms with van der Waals surface area (Å²) in [4.78, 5) is 13.3. The van der Waals surface area contributed by atoms with E-state index in [0.29, 0.717) is 25.8 Å². The van der Waals surface area contributed by atoms with Gasteiger partial charge in [0.15, 0.2) is 5.69 Å². The van der Waals surface area contributed by atoms with Gasteiger partial charge in [-0.05, 0) is 43.5 Å². The number of piperidine rings is 1. The normalized spacial score (nSPS) is 16.5. The molecule has 31 heavy (non-hydrogen) atoms. The second-order valence-electron chi connectivity index (χ2n) is 7.52. The summed E-state index contributed by atoms with van der Waals surface area (Å²) in [5.74, 6) is 0.665. The number of hydrazine groups is 1. The molecule has 10 heteroatoms. The van der Waals surface area contributed by atoms with Crippen molar-refractivity contribution in [2.24, 2.45) is 0 Å². The SMILES string of the molecule is O=C(NN1CCCCC1)c1nn(-c2ccc(Cl)cc2Cl)c2c1CCSc1sc(Cl)cc1-2. The predicted molar refractivity (Wildman–Crippen MR) is 129 cm³/mol. The monoisotopic (exact) mass is 512 g/mol. The van der Waals surface area contributed by atoms with Gasteiger partial charge in [-0.2, -0.15) is 5.10 Å². The molecule has 4 heterocycles. The molecule has 0 radical (unpaired) electrons. The summed E-state index contributed by atoms with van der Waals surface area (Å²) in [6.45, 7) is 1.72. The number of carbonyl (C=O) groups excluding carboxylic acids is 1. The number of thioether (sulfide) groups is 1. The van der Waals surface area contributed by atoms with Crippen molar-refractivity contribution in [2.45, 2.75) is 29.9 Å². The van der Waals surface area contributed by atoms with Crippen LogP contribution in [0.4, 0.5) is 0 Å². The fraction of sp³-hybridized carbons (Fsp3) is 0.333. The lowest BCUT2D eigenvalue weighted by atomic mass is 10.1. The van der Waals surface area contributed by atoms with Crippen LogP contribution in [0.3, 0.4) is 0 Å². The fourth-order valence-corrected chi connectivity index (χ4v) is 7.18. The van der Waals surface area contributed by atoms with E-state index in [9.17, 15) is 4.79 Å². The van der Waals surface area contributed by atoms with Gasteiger partial charge in [0.2, 0.25) is 0 Å². The maximum Gasteiger partial charge on any atom is 0.286 e. The van der Waals surface area contributed by atoms with Crippen LogP contribution in [0.2, 0.25) is 14.4 Å². The maximum atomic E-state index is 13.3. The molecule has 0 saturated carbocycles. The van der Waals surface area contributed by atoms with E-state index in [2.05, 4.69) is 5.43 Å². The van der Waals surface area contributed by atoms with E-state index in [1.165, 1.54) is 6.42 Å². The second kappa shape index (κ2) is 8.96. The summed E-state index contributed by atoms with van der Waals surface area (Å²) in [6.07, 6.45) is 4.10.